The highest BCUT2D eigenvalue weighted by atomic mass is 19.1. The number of hydrogen-bond acceptors (Lipinski definition) is 1. The molecule has 0 atom stereocenters. The van der Waals surface area contributed by atoms with E-state index >= 15 is 0 Å². The lowest BCUT2D eigenvalue weighted by atomic mass is 10.1. The van der Waals surface area contributed by atoms with Gasteiger partial charge in [0.05, 0.1) is 0 Å². The molecule has 0 spiro atoms. The van der Waals surface area contributed by atoms with Gasteiger partial charge in [0.2, 0.25) is 0 Å². The van der Waals surface area contributed by atoms with E-state index in [1.807, 2.05) is 13.0 Å². The molecule has 0 radical (unpaired) electrons. The number of anilines is 1. The zero-order chi connectivity index (χ0) is 13.0. The van der Waals surface area contributed by atoms with E-state index in [2.05, 4.69) is 30.4 Å². The molecule has 0 aliphatic rings. The summed E-state index contributed by atoms with van der Waals surface area (Å²) < 4.78 is 13.0. The highest BCUT2D eigenvalue weighted by Gasteiger charge is 2.02. The molecule has 0 aromatic heterocycles. The van der Waals surface area contributed by atoms with Crippen molar-refractivity contribution in [3.05, 3.63) is 65.0 Å². The minimum absolute atomic E-state index is 0.188. The summed E-state index contributed by atoms with van der Waals surface area (Å²) in [5.74, 6) is -0.188. The van der Waals surface area contributed by atoms with Gasteiger partial charge in [0, 0.05) is 12.2 Å². The molecule has 0 bridgehead atoms. The first-order chi connectivity index (χ1) is 8.70. The summed E-state index contributed by atoms with van der Waals surface area (Å²) in [5.41, 5.74) is 4.57. The van der Waals surface area contributed by atoms with E-state index in [-0.39, 0.29) is 5.82 Å². The van der Waals surface area contributed by atoms with E-state index in [1.54, 1.807) is 12.1 Å². The highest BCUT2D eigenvalue weighted by Crippen LogP contribution is 2.18. The Morgan fingerprint density at radius 3 is 2.44 bits per heavy atom. The molecule has 0 heterocycles. The second-order valence-corrected chi connectivity index (χ2v) is 4.44. The lowest BCUT2D eigenvalue weighted by Gasteiger charge is -2.12. The Morgan fingerprint density at radius 1 is 1.06 bits per heavy atom. The molecular formula is C16H18FN. The number of benzene rings is 2. The van der Waals surface area contributed by atoms with Crippen LogP contribution in [0, 0.1) is 12.7 Å². The van der Waals surface area contributed by atoms with E-state index in [0.29, 0.717) is 0 Å². The van der Waals surface area contributed by atoms with Gasteiger partial charge in [-0.3, -0.25) is 0 Å². The van der Waals surface area contributed by atoms with Crippen molar-refractivity contribution in [2.24, 2.45) is 0 Å². The van der Waals surface area contributed by atoms with Gasteiger partial charge in [-0.1, -0.05) is 31.2 Å². The normalized spacial score (nSPS) is 10.4. The van der Waals surface area contributed by atoms with Crippen molar-refractivity contribution in [3.63, 3.8) is 0 Å². The molecule has 2 aromatic carbocycles. The fourth-order valence-corrected chi connectivity index (χ4v) is 2.09. The lowest BCUT2D eigenvalue weighted by molar-refractivity contribution is 0.627. The topological polar surface area (TPSA) is 12.0 Å². The Balaban J connectivity index is 2.11. The van der Waals surface area contributed by atoms with E-state index < -0.39 is 0 Å². The van der Waals surface area contributed by atoms with Crippen LogP contribution in [0.4, 0.5) is 10.1 Å². The third-order valence-corrected chi connectivity index (χ3v) is 3.16. The minimum Gasteiger partial charge on any atom is -0.381 e. The molecule has 2 rings (SSSR count). The van der Waals surface area contributed by atoms with Crippen molar-refractivity contribution in [2.45, 2.75) is 26.8 Å². The zero-order valence-corrected chi connectivity index (χ0v) is 10.8. The van der Waals surface area contributed by atoms with Gasteiger partial charge >= 0.3 is 0 Å². The van der Waals surface area contributed by atoms with E-state index in [1.165, 1.54) is 17.2 Å². The molecule has 0 aliphatic carbocycles. The fraction of sp³-hybridized carbons (Fsp3) is 0.250. The van der Waals surface area contributed by atoms with Crippen molar-refractivity contribution >= 4 is 5.69 Å². The average molecular weight is 243 g/mol. The molecule has 0 aliphatic heterocycles. The quantitative estimate of drug-likeness (QED) is 0.843. The van der Waals surface area contributed by atoms with E-state index in [4.69, 9.17) is 0 Å². The third kappa shape index (κ3) is 2.89. The predicted molar refractivity (Wildman–Crippen MR) is 74.3 cm³/mol. The fourth-order valence-electron chi connectivity index (χ4n) is 2.09. The first-order valence-corrected chi connectivity index (χ1v) is 6.27. The van der Waals surface area contributed by atoms with Crippen LogP contribution >= 0.6 is 0 Å². The first-order valence-electron chi connectivity index (χ1n) is 6.27. The first kappa shape index (κ1) is 12.6. The molecule has 0 unspecified atom stereocenters. The van der Waals surface area contributed by atoms with E-state index in [9.17, 15) is 4.39 Å². The van der Waals surface area contributed by atoms with Gasteiger partial charge in [0.1, 0.15) is 5.82 Å². The van der Waals surface area contributed by atoms with Crippen molar-refractivity contribution in [3.8, 4) is 0 Å². The molecule has 0 fully saturated rings. The molecule has 2 aromatic rings. The van der Waals surface area contributed by atoms with Crippen molar-refractivity contribution in [1.29, 1.82) is 0 Å². The van der Waals surface area contributed by atoms with Crippen LogP contribution in [0.15, 0.2) is 42.5 Å². The van der Waals surface area contributed by atoms with Gasteiger partial charge in [-0.25, -0.2) is 4.39 Å². The molecule has 1 nitrogen and oxygen atoms in total. The molecular weight excluding hydrogens is 225 g/mol. The summed E-state index contributed by atoms with van der Waals surface area (Å²) in [7, 11) is 0. The Bertz CT molecular complexity index is 534. The smallest absolute Gasteiger partial charge is 0.123 e. The Hall–Kier alpha value is -1.83. The molecule has 2 heteroatoms. The van der Waals surface area contributed by atoms with Crippen LogP contribution in [0.1, 0.15) is 23.6 Å². The summed E-state index contributed by atoms with van der Waals surface area (Å²) in [4.78, 5) is 0. The molecule has 1 N–H and O–H groups in total. The van der Waals surface area contributed by atoms with Crippen LogP contribution in [0.2, 0.25) is 0 Å². The maximum Gasteiger partial charge on any atom is 0.123 e. The van der Waals surface area contributed by atoms with Gasteiger partial charge in [0.15, 0.2) is 0 Å². The van der Waals surface area contributed by atoms with Gasteiger partial charge in [-0.05, 0) is 48.2 Å². The second kappa shape index (κ2) is 5.67. The Kier molecular flexibility index (Phi) is 3.98. The molecule has 0 saturated carbocycles. The summed E-state index contributed by atoms with van der Waals surface area (Å²) in [6, 6.07) is 13.2. The standard InChI is InChI=1S/C16H18FN/c1-3-13-6-4-5-7-14(13)11-18-16-9-8-15(17)10-12(16)2/h4-10,18H,3,11H2,1-2H3. The molecule has 94 valence electrons. The SMILES string of the molecule is CCc1ccccc1CNc1ccc(F)cc1C. The van der Waals surface area contributed by atoms with Crippen LogP contribution < -0.4 is 5.32 Å². The van der Waals surface area contributed by atoms with Gasteiger partial charge in [-0.2, -0.15) is 0 Å². The summed E-state index contributed by atoms with van der Waals surface area (Å²) in [6.45, 7) is 4.84. The largest absolute Gasteiger partial charge is 0.381 e. The molecule has 0 saturated heterocycles. The second-order valence-electron chi connectivity index (χ2n) is 4.44. The maximum atomic E-state index is 13.0. The zero-order valence-electron chi connectivity index (χ0n) is 10.8. The van der Waals surface area contributed by atoms with Crippen molar-refractivity contribution in [1.82, 2.24) is 0 Å². The maximum absolute atomic E-state index is 13.0. The predicted octanol–water partition coefficient (Wildman–Crippen LogP) is 4.31. The third-order valence-electron chi connectivity index (χ3n) is 3.16. The Labute approximate surface area is 108 Å². The highest BCUT2D eigenvalue weighted by molar-refractivity contribution is 5.51. The number of nitrogens with one attached hydrogen (secondary N) is 1. The molecule has 0 amide bonds. The number of rotatable bonds is 4. The Morgan fingerprint density at radius 2 is 1.78 bits per heavy atom. The van der Waals surface area contributed by atoms with Crippen molar-refractivity contribution < 1.29 is 4.39 Å². The number of halogens is 1. The van der Waals surface area contributed by atoms with Crippen LogP contribution in [0.5, 0.6) is 0 Å². The van der Waals surface area contributed by atoms with Crippen LogP contribution in [0.3, 0.4) is 0 Å². The number of hydrogen-bond donors (Lipinski definition) is 1. The van der Waals surface area contributed by atoms with Crippen molar-refractivity contribution in [2.75, 3.05) is 5.32 Å². The average Bonchev–Trinajstić information content (AvgIpc) is 2.38. The van der Waals surface area contributed by atoms with Gasteiger partial charge in [-0.15, -0.1) is 0 Å². The van der Waals surface area contributed by atoms with E-state index in [0.717, 1.165) is 24.2 Å². The summed E-state index contributed by atoms with van der Waals surface area (Å²) in [6.07, 6.45) is 1.03. The van der Waals surface area contributed by atoms with Crippen LogP contribution in [-0.4, -0.2) is 0 Å². The van der Waals surface area contributed by atoms with Crippen LogP contribution in [0.25, 0.3) is 0 Å². The van der Waals surface area contributed by atoms with Gasteiger partial charge in [0.25, 0.3) is 0 Å². The number of aryl methyl sites for hydroxylation is 2. The monoisotopic (exact) mass is 243 g/mol. The summed E-state index contributed by atoms with van der Waals surface area (Å²) in [5, 5.41) is 3.36. The molecule has 18 heavy (non-hydrogen) atoms. The lowest BCUT2D eigenvalue weighted by Crippen LogP contribution is -2.03. The summed E-state index contributed by atoms with van der Waals surface area (Å²) >= 11 is 0. The van der Waals surface area contributed by atoms with Gasteiger partial charge < -0.3 is 5.32 Å². The van der Waals surface area contributed by atoms with Crippen LogP contribution in [-0.2, 0) is 13.0 Å². The minimum atomic E-state index is -0.188.